The first-order valence-corrected chi connectivity index (χ1v) is 5.12. The summed E-state index contributed by atoms with van der Waals surface area (Å²) in [5.41, 5.74) is 2.42. The molecule has 0 spiro atoms. The smallest absolute Gasteiger partial charge is 0.101 e. The molecule has 0 aliphatic rings. The second-order valence-corrected chi connectivity index (χ2v) is 3.70. The third-order valence-corrected chi connectivity index (χ3v) is 2.48. The van der Waals surface area contributed by atoms with Gasteiger partial charge < -0.3 is 9.73 Å². The number of nitrogens with zero attached hydrogens (tertiary/aromatic N) is 1. The average molecular weight is 233 g/mol. The molecular weight excluding hydrogens is 224 g/mol. The van der Waals surface area contributed by atoms with Crippen molar-refractivity contribution in [1.29, 1.82) is 5.26 Å². The van der Waals surface area contributed by atoms with Crippen molar-refractivity contribution in [3.05, 3.63) is 52.9 Å². The standard InChI is InChI=1S/C12H9ClN2O/c13-12-5-11(2-1-10(12)6-14)15-7-9-3-4-16-8-9/h1-5,8,15H,7H2. The Hall–Kier alpha value is -1.92. The largest absolute Gasteiger partial charge is 0.472 e. The van der Waals surface area contributed by atoms with Crippen LogP contribution in [0.15, 0.2) is 41.2 Å². The molecule has 0 aliphatic carbocycles. The van der Waals surface area contributed by atoms with Crippen LogP contribution in [0.4, 0.5) is 5.69 Å². The molecule has 0 amide bonds. The van der Waals surface area contributed by atoms with E-state index >= 15 is 0 Å². The van der Waals surface area contributed by atoms with Gasteiger partial charge in [0.15, 0.2) is 0 Å². The molecule has 0 saturated carbocycles. The van der Waals surface area contributed by atoms with Gasteiger partial charge in [-0.1, -0.05) is 11.6 Å². The number of furan rings is 1. The fourth-order valence-corrected chi connectivity index (χ4v) is 1.54. The van der Waals surface area contributed by atoms with Gasteiger partial charge in [0, 0.05) is 17.8 Å². The SMILES string of the molecule is N#Cc1ccc(NCc2ccoc2)cc1Cl. The van der Waals surface area contributed by atoms with Gasteiger partial charge in [0.2, 0.25) is 0 Å². The van der Waals surface area contributed by atoms with Gasteiger partial charge >= 0.3 is 0 Å². The Balaban J connectivity index is 2.06. The van der Waals surface area contributed by atoms with Crippen LogP contribution in [0.2, 0.25) is 5.02 Å². The summed E-state index contributed by atoms with van der Waals surface area (Å²) in [5, 5.41) is 12.4. The maximum absolute atomic E-state index is 8.72. The lowest BCUT2D eigenvalue weighted by Gasteiger charge is -2.05. The van der Waals surface area contributed by atoms with E-state index in [4.69, 9.17) is 21.3 Å². The molecule has 0 atom stereocenters. The number of anilines is 1. The molecule has 0 radical (unpaired) electrons. The van der Waals surface area contributed by atoms with Gasteiger partial charge in [-0.3, -0.25) is 0 Å². The highest BCUT2D eigenvalue weighted by Gasteiger charge is 2.01. The average Bonchev–Trinajstić information content (AvgIpc) is 2.79. The molecule has 1 heterocycles. The van der Waals surface area contributed by atoms with Crippen molar-refractivity contribution in [2.45, 2.75) is 6.54 Å². The van der Waals surface area contributed by atoms with Crippen LogP contribution in [-0.2, 0) is 6.54 Å². The molecule has 2 rings (SSSR count). The summed E-state index contributed by atoms with van der Waals surface area (Å²) in [7, 11) is 0. The molecule has 1 N–H and O–H groups in total. The molecular formula is C12H9ClN2O. The fraction of sp³-hybridized carbons (Fsp3) is 0.0833. The predicted molar refractivity (Wildman–Crippen MR) is 62.2 cm³/mol. The van der Waals surface area contributed by atoms with Crippen molar-refractivity contribution >= 4 is 17.3 Å². The first kappa shape index (κ1) is 10.6. The zero-order valence-electron chi connectivity index (χ0n) is 8.40. The summed E-state index contributed by atoms with van der Waals surface area (Å²) >= 11 is 5.91. The van der Waals surface area contributed by atoms with E-state index in [0.717, 1.165) is 11.3 Å². The molecule has 3 nitrogen and oxygen atoms in total. The van der Waals surface area contributed by atoms with E-state index in [2.05, 4.69) is 5.32 Å². The van der Waals surface area contributed by atoms with E-state index < -0.39 is 0 Å². The lowest BCUT2D eigenvalue weighted by Crippen LogP contribution is -1.98. The monoisotopic (exact) mass is 232 g/mol. The van der Waals surface area contributed by atoms with Gasteiger partial charge in [-0.2, -0.15) is 5.26 Å². The van der Waals surface area contributed by atoms with Crippen LogP contribution in [0.25, 0.3) is 0 Å². The van der Waals surface area contributed by atoms with Crippen LogP contribution in [0.5, 0.6) is 0 Å². The van der Waals surface area contributed by atoms with Crippen molar-refractivity contribution in [3.63, 3.8) is 0 Å². The highest BCUT2D eigenvalue weighted by molar-refractivity contribution is 6.32. The van der Waals surface area contributed by atoms with Crippen LogP contribution >= 0.6 is 11.6 Å². The summed E-state index contributed by atoms with van der Waals surface area (Å²) in [5.74, 6) is 0. The number of nitrogens with one attached hydrogen (secondary N) is 1. The number of halogens is 1. The van der Waals surface area contributed by atoms with E-state index in [1.807, 2.05) is 18.2 Å². The van der Waals surface area contributed by atoms with E-state index in [9.17, 15) is 0 Å². The second-order valence-electron chi connectivity index (χ2n) is 3.29. The molecule has 80 valence electrons. The Morgan fingerprint density at radius 1 is 1.38 bits per heavy atom. The molecule has 1 aromatic carbocycles. The summed E-state index contributed by atoms with van der Waals surface area (Å²) in [6, 6.07) is 9.16. The van der Waals surface area contributed by atoms with Gasteiger partial charge in [0.05, 0.1) is 23.1 Å². The number of benzene rings is 1. The Bertz CT molecular complexity index is 514. The first-order chi connectivity index (χ1) is 7.79. The maximum Gasteiger partial charge on any atom is 0.101 e. The summed E-state index contributed by atoms with van der Waals surface area (Å²) < 4.78 is 4.95. The molecule has 0 aliphatic heterocycles. The number of hydrogen-bond acceptors (Lipinski definition) is 3. The fourth-order valence-electron chi connectivity index (χ4n) is 1.31. The minimum atomic E-state index is 0.458. The maximum atomic E-state index is 8.72. The minimum Gasteiger partial charge on any atom is -0.472 e. The highest BCUT2D eigenvalue weighted by atomic mass is 35.5. The molecule has 0 unspecified atom stereocenters. The quantitative estimate of drug-likeness (QED) is 0.882. The van der Waals surface area contributed by atoms with Crippen LogP contribution in [0, 0.1) is 11.3 Å². The Morgan fingerprint density at radius 2 is 2.25 bits per heavy atom. The van der Waals surface area contributed by atoms with Gasteiger partial charge in [-0.15, -0.1) is 0 Å². The zero-order valence-corrected chi connectivity index (χ0v) is 9.16. The normalized spacial score (nSPS) is 9.75. The highest BCUT2D eigenvalue weighted by Crippen LogP contribution is 2.20. The van der Waals surface area contributed by atoms with E-state index in [1.165, 1.54) is 0 Å². The molecule has 0 saturated heterocycles. The summed E-state index contributed by atoms with van der Waals surface area (Å²) in [6.45, 7) is 0.665. The lowest BCUT2D eigenvalue weighted by atomic mass is 10.2. The Kier molecular flexibility index (Phi) is 3.13. The molecule has 16 heavy (non-hydrogen) atoms. The van der Waals surface area contributed by atoms with Gasteiger partial charge in [-0.25, -0.2) is 0 Å². The molecule has 0 fully saturated rings. The molecule has 4 heteroatoms. The number of rotatable bonds is 3. The second kappa shape index (κ2) is 4.73. The van der Waals surface area contributed by atoms with Crippen molar-refractivity contribution in [1.82, 2.24) is 0 Å². The van der Waals surface area contributed by atoms with Crippen molar-refractivity contribution in [3.8, 4) is 6.07 Å². The van der Waals surface area contributed by atoms with Crippen molar-refractivity contribution in [2.24, 2.45) is 0 Å². The zero-order chi connectivity index (χ0) is 11.4. The summed E-state index contributed by atoms with van der Waals surface area (Å²) in [4.78, 5) is 0. The van der Waals surface area contributed by atoms with E-state index in [-0.39, 0.29) is 0 Å². The van der Waals surface area contributed by atoms with E-state index in [1.54, 1.807) is 24.7 Å². The van der Waals surface area contributed by atoms with Crippen molar-refractivity contribution in [2.75, 3.05) is 5.32 Å². The predicted octanol–water partition coefficient (Wildman–Crippen LogP) is 3.42. The van der Waals surface area contributed by atoms with Crippen molar-refractivity contribution < 1.29 is 4.42 Å². The molecule has 0 bridgehead atoms. The Morgan fingerprint density at radius 3 is 2.88 bits per heavy atom. The first-order valence-electron chi connectivity index (χ1n) is 4.74. The molecule has 1 aromatic heterocycles. The number of nitriles is 1. The Labute approximate surface area is 98.3 Å². The van der Waals surface area contributed by atoms with Gasteiger partial charge in [0.25, 0.3) is 0 Å². The molecule has 2 aromatic rings. The topological polar surface area (TPSA) is 49.0 Å². The number of hydrogen-bond donors (Lipinski definition) is 1. The van der Waals surface area contributed by atoms with Crippen LogP contribution in [-0.4, -0.2) is 0 Å². The third-order valence-electron chi connectivity index (χ3n) is 2.17. The van der Waals surface area contributed by atoms with Gasteiger partial charge in [0.1, 0.15) is 6.07 Å². The summed E-state index contributed by atoms with van der Waals surface area (Å²) in [6.07, 6.45) is 3.31. The van der Waals surface area contributed by atoms with Crippen LogP contribution < -0.4 is 5.32 Å². The van der Waals surface area contributed by atoms with Crippen LogP contribution in [0.1, 0.15) is 11.1 Å². The van der Waals surface area contributed by atoms with E-state index in [0.29, 0.717) is 17.1 Å². The lowest BCUT2D eigenvalue weighted by molar-refractivity contribution is 0.564. The third kappa shape index (κ3) is 2.36. The minimum absolute atomic E-state index is 0.458. The van der Waals surface area contributed by atoms with Gasteiger partial charge in [-0.05, 0) is 24.3 Å². The van der Waals surface area contributed by atoms with Crippen LogP contribution in [0.3, 0.4) is 0 Å².